The fraction of sp³-hybridized carbons (Fsp3) is 0.400. The molecule has 0 spiro atoms. The third kappa shape index (κ3) is 4.65. The van der Waals surface area contributed by atoms with Crippen LogP contribution in [0.15, 0.2) is 42.9 Å². The van der Waals surface area contributed by atoms with Gasteiger partial charge in [-0.25, -0.2) is 0 Å². The number of carbonyl (C=O) groups is 2. The van der Waals surface area contributed by atoms with Gasteiger partial charge in [-0.3, -0.25) is 19.6 Å². The second kappa shape index (κ2) is 8.56. The lowest BCUT2D eigenvalue weighted by Gasteiger charge is -2.17. The molecule has 6 nitrogen and oxygen atoms in total. The minimum Gasteiger partial charge on any atom is -0.355 e. The summed E-state index contributed by atoms with van der Waals surface area (Å²) in [4.78, 5) is 34.5. The topological polar surface area (TPSA) is 75.2 Å². The van der Waals surface area contributed by atoms with Crippen molar-refractivity contribution in [2.75, 3.05) is 13.1 Å². The standard InChI is InChI=1S/C20H24N4O2/c1-2-15-3-5-16(6-4-15)13-24-14-17(11-19(24)25)20(26)23-8-7-18-12-21-9-10-22-18/h3-6,9-10,12,17H,2,7-8,11,13-14H2,1H3,(H,23,26)/t17-/m1/s1. The Hall–Kier alpha value is -2.76. The maximum absolute atomic E-state index is 12.3. The lowest BCUT2D eigenvalue weighted by Crippen LogP contribution is -2.34. The van der Waals surface area contributed by atoms with Crippen molar-refractivity contribution < 1.29 is 9.59 Å². The molecule has 136 valence electrons. The molecular weight excluding hydrogens is 328 g/mol. The Balaban J connectivity index is 1.47. The first kappa shape index (κ1) is 18.0. The molecule has 1 aliphatic rings. The van der Waals surface area contributed by atoms with E-state index in [4.69, 9.17) is 0 Å². The van der Waals surface area contributed by atoms with Crippen LogP contribution in [-0.2, 0) is 29.0 Å². The Kier molecular flexibility index (Phi) is 5.94. The van der Waals surface area contributed by atoms with Gasteiger partial charge in [0, 0.05) is 51.1 Å². The van der Waals surface area contributed by atoms with E-state index in [-0.39, 0.29) is 24.2 Å². The van der Waals surface area contributed by atoms with E-state index in [1.54, 1.807) is 23.5 Å². The van der Waals surface area contributed by atoms with E-state index in [9.17, 15) is 9.59 Å². The zero-order valence-corrected chi connectivity index (χ0v) is 15.0. The number of carbonyl (C=O) groups excluding carboxylic acids is 2. The van der Waals surface area contributed by atoms with E-state index in [2.05, 4.69) is 46.5 Å². The van der Waals surface area contributed by atoms with Crippen molar-refractivity contribution >= 4 is 11.8 Å². The number of likely N-dealkylation sites (tertiary alicyclic amines) is 1. The molecule has 1 aliphatic heterocycles. The molecule has 6 heteroatoms. The van der Waals surface area contributed by atoms with Crippen LogP contribution in [0.3, 0.4) is 0 Å². The van der Waals surface area contributed by atoms with Crippen LogP contribution in [0, 0.1) is 5.92 Å². The first-order chi connectivity index (χ1) is 12.7. The molecule has 1 aromatic heterocycles. The molecule has 1 N–H and O–H groups in total. The van der Waals surface area contributed by atoms with Gasteiger partial charge in [0.15, 0.2) is 0 Å². The van der Waals surface area contributed by atoms with Gasteiger partial charge >= 0.3 is 0 Å². The molecule has 1 saturated heterocycles. The van der Waals surface area contributed by atoms with Gasteiger partial charge in [0.1, 0.15) is 0 Å². The maximum Gasteiger partial charge on any atom is 0.225 e. The highest BCUT2D eigenvalue weighted by Gasteiger charge is 2.33. The third-order valence-electron chi connectivity index (χ3n) is 4.69. The summed E-state index contributed by atoms with van der Waals surface area (Å²) in [5.41, 5.74) is 3.22. The summed E-state index contributed by atoms with van der Waals surface area (Å²) in [5.74, 6) is -0.302. The van der Waals surface area contributed by atoms with Crippen molar-refractivity contribution in [2.45, 2.75) is 32.7 Å². The highest BCUT2D eigenvalue weighted by molar-refractivity contribution is 5.89. The highest BCUT2D eigenvalue weighted by atomic mass is 16.2. The summed E-state index contributed by atoms with van der Waals surface area (Å²) < 4.78 is 0. The van der Waals surface area contributed by atoms with Gasteiger partial charge in [-0.2, -0.15) is 0 Å². The summed E-state index contributed by atoms with van der Waals surface area (Å²) in [6.07, 6.45) is 6.86. The van der Waals surface area contributed by atoms with E-state index >= 15 is 0 Å². The van der Waals surface area contributed by atoms with E-state index in [1.807, 2.05) is 0 Å². The van der Waals surface area contributed by atoms with E-state index < -0.39 is 0 Å². The molecule has 0 aliphatic carbocycles. The Morgan fingerprint density at radius 1 is 1.23 bits per heavy atom. The highest BCUT2D eigenvalue weighted by Crippen LogP contribution is 2.20. The fourth-order valence-corrected chi connectivity index (χ4v) is 3.12. The largest absolute Gasteiger partial charge is 0.355 e. The van der Waals surface area contributed by atoms with Gasteiger partial charge < -0.3 is 10.2 Å². The number of hydrogen-bond acceptors (Lipinski definition) is 4. The van der Waals surface area contributed by atoms with Crippen LogP contribution in [0.2, 0.25) is 0 Å². The molecule has 26 heavy (non-hydrogen) atoms. The Labute approximate surface area is 153 Å². The van der Waals surface area contributed by atoms with Crippen LogP contribution in [-0.4, -0.2) is 39.8 Å². The van der Waals surface area contributed by atoms with Crippen molar-refractivity contribution in [1.82, 2.24) is 20.2 Å². The zero-order chi connectivity index (χ0) is 18.4. The Morgan fingerprint density at radius 3 is 2.69 bits per heavy atom. The second-order valence-electron chi connectivity index (χ2n) is 6.58. The minimum absolute atomic E-state index is 0.0404. The van der Waals surface area contributed by atoms with Gasteiger partial charge in [0.2, 0.25) is 11.8 Å². The molecule has 0 radical (unpaired) electrons. The predicted molar refractivity (Wildman–Crippen MR) is 98.1 cm³/mol. The molecule has 1 fully saturated rings. The monoisotopic (exact) mass is 352 g/mol. The minimum atomic E-state index is -0.278. The average molecular weight is 352 g/mol. The number of nitrogens with zero attached hydrogens (tertiary/aromatic N) is 3. The van der Waals surface area contributed by atoms with Gasteiger partial charge in [-0.1, -0.05) is 31.2 Å². The average Bonchev–Trinajstić information content (AvgIpc) is 3.04. The quantitative estimate of drug-likeness (QED) is 0.824. The summed E-state index contributed by atoms with van der Waals surface area (Å²) in [5, 5.41) is 2.91. The van der Waals surface area contributed by atoms with Crippen LogP contribution in [0.4, 0.5) is 0 Å². The summed E-state index contributed by atoms with van der Waals surface area (Å²) in [6, 6.07) is 8.29. The number of aryl methyl sites for hydroxylation is 1. The number of nitrogens with one attached hydrogen (secondary N) is 1. The number of benzene rings is 1. The fourth-order valence-electron chi connectivity index (χ4n) is 3.12. The Bertz CT molecular complexity index is 746. The lowest BCUT2D eigenvalue weighted by molar-refractivity contribution is -0.129. The van der Waals surface area contributed by atoms with Crippen LogP contribution in [0.1, 0.15) is 30.2 Å². The van der Waals surface area contributed by atoms with E-state index in [1.165, 1.54) is 5.56 Å². The Morgan fingerprint density at radius 2 is 2.00 bits per heavy atom. The van der Waals surface area contributed by atoms with Crippen molar-refractivity contribution in [3.63, 3.8) is 0 Å². The molecule has 0 saturated carbocycles. The normalized spacial score (nSPS) is 16.7. The van der Waals surface area contributed by atoms with Crippen LogP contribution >= 0.6 is 0 Å². The van der Waals surface area contributed by atoms with E-state index in [0.717, 1.165) is 17.7 Å². The molecule has 2 aromatic rings. The summed E-state index contributed by atoms with van der Waals surface area (Å²) >= 11 is 0. The third-order valence-corrected chi connectivity index (χ3v) is 4.69. The SMILES string of the molecule is CCc1ccc(CN2C[C@H](C(=O)NCCc3cnccn3)CC2=O)cc1. The van der Waals surface area contributed by atoms with Crippen molar-refractivity contribution in [3.05, 3.63) is 59.7 Å². The predicted octanol–water partition coefficient (Wildman–Crippen LogP) is 1.75. The molecule has 0 unspecified atom stereocenters. The van der Waals surface area contributed by atoms with Crippen LogP contribution in [0.25, 0.3) is 0 Å². The van der Waals surface area contributed by atoms with E-state index in [0.29, 0.717) is 26.1 Å². The number of aromatic nitrogens is 2. The molecule has 0 bridgehead atoms. The second-order valence-corrected chi connectivity index (χ2v) is 6.58. The summed E-state index contributed by atoms with van der Waals surface area (Å²) in [6.45, 7) is 3.66. The first-order valence-corrected chi connectivity index (χ1v) is 9.04. The molecule has 3 rings (SSSR count). The van der Waals surface area contributed by atoms with Crippen molar-refractivity contribution in [2.24, 2.45) is 5.92 Å². The smallest absolute Gasteiger partial charge is 0.225 e. The first-order valence-electron chi connectivity index (χ1n) is 9.04. The van der Waals surface area contributed by atoms with Gasteiger partial charge in [0.25, 0.3) is 0 Å². The number of hydrogen-bond donors (Lipinski definition) is 1. The maximum atomic E-state index is 12.3. The van der Waals surface area contributed by atoms with Gasteiger partial charge in [-0.05, 0) is 17.5 Å². The van der Waals surface area contributed by atoms with Crippen molar-refractivity contribution in [3.8, 4) is 0 Å². The van der Waals surface area contributed by atoms with Gasteiger partial charge in [0.05, 0.1) is 11.6 Å². The van der Waals surface area contributed by atoms with Crippen LogP contribution < -0.4 is 5.32 Å². The van der Waals surface area contributed by atoms with Crippen LogP contribution in [0.5, 0.6) is 0 Å². The molecule has 1 atom stereocenters. The summed E-state index contributed by atoms with van der Waals surface area (Å²) in [7, 11) is 0. The molecule has 1 aromatic carbocycles. The number of rotatable bonds is 7. The zero-order valence-electron chi connectivity index (χ0n) is 15.0. The molecular formula is C20H24N4O2. The number of amides is 2. The molecule has 2 amide bonds. The lowest BCUT2D eigenvalue weighted by atomic mass is 10.1. The van der Waals surface area contributed by atoms with Crippen molar-refractivity contribution in [1.29, 1.82) is 0 Å². The van der Waals surface area contributed by atoms with Gasteiger partial charge in [-0.15, -0.1) is 0 Å². The molecule has 2 heterocycles.